The first kappa shape index (κ1) is 15.9. The van der Waals surface area contributed by atoms with Gasteiger partial charge in [0.1, 0.15) is 11.9 Å². The van der Waals surface area contributed by atoms with Gasteiger partial charge in [0.2, 0.25) is 5.91 Å². The third kappa shape index (κ3) is 3.67. The van der Waals surface area contributed by atoms with E-state index in [0.717, 1.165) is 12.1 Å². The van der Waals surface area contributed by atoms with Gasteiger partial charge < -0.3 is 16.2 Å². The van der Waals surface area contributed by atoms with Gasteiger partial charge in [-0.2, -0.15) is 13.2 Å². The van der Waals surface area contributed by atoms with Crippen molar-refractivity contribution in [1.82, 2.24) is 5.32 Å². The zero-order chi connectivity index (χ0) is 15.5. The highest BCUT2D eigenvalue weighted by Gasteiger charge is 2.35. The molecule has 1 unspecified atom stereocenters. The first-order valence-corrected chi connectivity index (χ1v) is 5.26. The Labute approximate surface area is 110 Å². The van der Waals surface area contributed by atoms with Crippen LogP contribution in [0.15, 0.2) is 18.2 Å². The van der Waals surface area contributed by atoms with Crippen molar-refractivity contribution in [3.63, 3.8) is 0 Å². The van der Waals surface area contributed by atoms with E-state index in [4.69, 9.17) is 10.8 Å². The van der Waals surface area contributed by atoms with Gasteiger partial charge in [-0.1, -0.05) is 6.07 Å². The van der Waals surface area contributed by atoms with E-state index in [1.54, 1.807) is 0 Å². The van der Waals surface area contributed by atoms with Gasteiger partial charge in [-0.3, -0.25) is 9.59 Å². The van der Waals surface area contributed by atoms with Gasteiger partial charge in [-0.05, 0) is 12.1 Å². The van der Waals surface area contributed by atoms with Crippen LogP contribution in [0.25, 0.3) is 0 Å². The topological polar surface area (TPSA) is 92.4 Å². The van der Waals surface area contributed by atoms with Gasteiger partial charge in [0.25, 0.3) is 5.91 Å². The zero-order valence-corrected chi connectivity index (χ0v) is 9.87. The number of carbonyl (C=O) groups excluding carboxylic acids is 2. The number of hydrogen-bond acceptors (Lipinski definition) is 3. The van der Waals surface area contributed by atoms with Crippen LogP contribution in [0.1, 0.15) is 15.9 Å². The molecule has 4 N–H and O–H groups in total. The zero-order valence-electron chi connectivity index (χ0n) is 9.87. The molecule has 5 nitrogen and oxygen atoms in total. The number of amides is 2. The number of nitrogens with one attached hydrogen (secondary N) is 1. The third-order valence-corrected chi connectivity index (χ3v) is 2.33. The number of hydrogen-bond donors (Lipinski definition) is 3. The minimum absolute atomic E-state index is 0.490. The molecule has 0 spiro atoms. The number of primary amides is 1. The average Bonchev–Trinajstić information content (AvgIpc) is 2.34. The summed E-state index contributed by atoms with van der Waals surface area (Å²) in [6, 6.07) is 2.20. The van der Waals surface area contributed by atoms with Crippen molar-refractivity contribution in [3.05, 3.63) is 35.1 Å². The second-order valence-electron chi connectivity index (χ2n) is 3.79. The van der Waals surface area contributed by atoms with Crippen molar-refractivity contribution in [2.75, 3.05) is 6.54 Å². The number of nitrogens with two attached hydrogens (primary N) is 1. The smallest absolute Gasteiger partial charge is 0.381 e. The van der Waals surface area contributed by atoms with Crippen LogP contribution in [0.5, 0.6) is 0 Å². The largest absolute Gasteiger partial charge is 0.419 e. The number of rotatable bonds is 4. The Balaban J connectivity index is 2.92. The number of aliphatic hydroxyl groups excluding tert-OH is 1. The van der Waals surface area contributed by atoms with E-state index in [0.29, 0.717) is 6.07 Å². The van der Waals surface area contributed by atoms with Crippen LogP contribution in [-0.2, 0) is 11.0 Å². The summed E-state index contributed by atoms with van der Waals surface area (Å²) in [6.07, 6.45) is -6.65. The minimum atomic E-state index is -4.94. The van der Waals surface area contributed by atoms with Gasteiger partial charge in [0.15, 0.2) is 0 Å². The highest BCUT2D eigenvalue weighted by Crippen LogP contribution is 2.32. The molecule has 0 saturated heterocycles. The van der Waals surface area contributed by atoms with E-state index in [1.165, 1.54) is 0 Å². The number of alkyl halides is 3. The van der Waals surface area contributed by atoms with Crippen molar-refractivity contribution in [2.45, 2.75) is 12.3 Å². The van der Waals surface area contributed by atoms with Crippen LogP contribution in [0, 0.1) is 5.82 Å². The summed E-state index contributed by atoms with van der Waals surface area (Å²) in [7, 11) is 0. The van der Waals surface area contributed by atoms with Gasteiger partial charge in [-0.25, -0.2) is 4.39 Å². The van der Waals surface area contributed by atoms with Crippen LogP contribution in [0.3, 0.4) is 0 Å². The maximum Gasteiger partial charge on any atom is 0.419 e. The maximum atomic E-state index is 13.6. The van der Waals surface area contributed by atoms with Gasteiger partial charge >= 0.3 is 6.18 Å². The summed E-state index contributed by atoms with van der Waals surface area (Å²) in [5.74, 6) is -4.06. The molecule has 1 aromatic carbocycles. The summed E-state index contributed by atoms with van der Waals surface area (Å²) in [4.78, 5) is 22.0. The van der Waals surface area contributed by atoms with Crippen molar-refractivity contribution in [1.29, 1.82) is 0 Å². The molecule has 0 aliphatic heterocycles. The summed E-state index contributed by atoms with van der Waals surface area (Å²) in [5.41, 5.74) is 2.28. The van der Waals surface area contributed by atoms with Crippen molar-refractivity contribution < 1.29 is 32.3 Å². The predicted molar refractivity (Wildman–Crippen MR) is 58.9 cm³/mol. The molecule has 1 rings (SSSR count). The Morgan fingerprint density at radius 3 is 2.45 bits per heavy atom. The first-order valence-electron chi connectivity index (χ1n) is 5.26. The van der Waals surface area contributed by atoms with Gasteiger partial charge in [0, 0.05) is 0 Å². The predicted octanol–water partition coefficient (Wildman–Crippen LogP) is 0.421. The SMILES string of the molecule is NC(=O)C(O)CNC(=O)c1cccc(C(F)(F)F)c1F. The number of benzene rings is 1. The second-order valence-corrected chi connectivity index (χ2v) is 3.79. The molecule has 0 fully saturated rings. The average molecular weight is 294 g/mol. The Hall–Kier alpha value is -2.16. The monoisotopic (exact) mass is 294 g/mol. The van der Waals surface area contributed by atoms with E-state index < -0.39 is 47.6 Å². The van der Waals surface area contributed by atoms with Crippen molar-refractivity contribution in [3.8, 4) is 0 Å². The molecule has 1 atom stereocenters. The maximum absolute atomic E-state index is 13.6. The van der Waals surface area contributed by atoms with E-state index in [1.807, 2.05) is 5.32 Å². The highest BCUT2D eigenvalue weighted by molar-refractivity contribution is 5.95. The second kappa shape index (κ2) is 5.87. The Bertz CT molecular complexity index is 531. The molecule has 9 heteroatoms. The van der Waals surface area contributed by atoms with E-state index >= 15 is 0 Å². The summed E-state index contributed by atoms with van der Waals surface area (Å²) >= 11 is 0. The molecule has 20 heavy (non-hydrogen) atoms. The van der Waals surface area contributed by atoms with Gasteiger partial charge in [0.05, 0.1) is 17.7 Å². The molecule has 2 amide bonds. The highest BCUT2D eigenvalue weighted by atomic mass is 19.4. The number of aliphatic hydroxyl groups is 1. The molecule has 110 valence electrons. The number of halogens is 4. The van der Waals surface area contributed by atoms with Crippen LogP contribution < -0.4 is 11.1 Å². The molecule has 0 saturated carbocycles. The molecular weight excluding hydrogens is 284 g/mol. The Morgan fingerprint density at radius 1 is 1.35 bits per heavy atom. The minimum Gasteiger partial charge on any atom is -0.381 e. The quantitative estimate of drug-likeness (QED) is 0.703. The lowest BCUT2D eigenvalue weighted by Crippen LogP contribution is -2.40. The number of carbonyl (C=O) groups is 2. The normalized spacial score (nSPS) is 12.8. The molecule has 1 aromatic rings. The van der Waals surface area contributed by atoms with Crippen LogP contribution in [-0.4, -0.2) is 29.6 Å². The van der Waals surface area contributed by atoms with Crippen LogP contribution in [0.4, 0.5) is 17.6 Å². The standard InChI is InChI=1S/C11H10F4N2O3/c12-8-5(2-1-3-6(8)11(13,14)15)10(20)17-4-7(18)9(16)19/h1-3,7,18H,4H2,(H2,16,19)(H,17,20). The Morgan fingerprint density at radius 2 is 1.95 bits per heavy atom. The Kier molecular flexibility index (Phi) is 4.66. The lowest BCUT2D eigenvalue weighted by atomic mass is 10.1. The lowest BCUT2D eigenvalue weighted by molar-refractivity contribution is -0.140. The third-order valence-electron chi connectivity index (χ3n) is 2.33. The van der Waals surface area contributed by atoms with Crippen LogP contribution in [0.2, 0.25) is 0 Å². The van der Waals surface area contributed by atoms with Crippen LogP contribution >= 0.6 is 0 Å². The van der Waals surface area contributed by atoms with Crippen molar-refractivity contribution >= 4 is 11.8 Å². The van der Waals surface area contributed by atoms with E-state index in [-0.39, 0.29) is 0 Å². The molecular formula is C11H10F4N2O3. The molecule has 0 bridgehead atoms. The van der Waals surface area contributed by atoms with Gasteiger partial charge in [-0.15, -0.1) is 0 Å². The van der Waals surface area contributed by atoms with E-state index in [9.17, 15) is 27.2 Å². The fraction of sp³-hybridized carbons (Fsp3) is 0.273. The van der Waals surface area contributed by atoms with E-state index in [2.05, 4.69) is 0 Å². The molecule has 0 aliphatic carbocycles. The fourth-order valence-electron chi connectivity index (χ4n) is 1.31. The molecule has 0 heterocycles. The summed E-state index contributed by atoms with van der Waals surface area (Å²) in [5, 5.41) is 10.9. The lowest BCUT2D eigenvalue weighted by Gasteiger charge is -2.12. The fourth-order valence-corrected chi connectivity index (χ4v) is 1.31. The first-order chi connectivity index (χ1) is 9.14. The molecule has 0 aromatic heterocycles. The summed E-state index contributed by atoms with van der Waals surface area (Å²) < 4.78 is 50.9. The molecule has 0 radical (unpaired) electrons. The molecule has 0 aliphatic rings. The van der Waals surface area contributed by atoms with Crippen molar-refractivity contribution in [2.24, 2.45) is 5.73 Å². The summed E-state index contributed by atoms with van der Waals surface area (Å²) in [6.45, 7) is -0.635.